The van der Waals surface area contributed by atoms with Crippen LogP contribution >= 0.6 is 23.2 Å². The van der Waals surface area contributed by atoms with Crippen molar-refractivity contribution in [3.63, 3.8) is 0 Å². The van der Waals surface area contributed by atoms with Gasteiger partial charge in [0, 0.05) is 10.6 Å². The van der Waals surface area contributed by atoms with Gasteiger partial charge >= 0.3 is 0 Å². The summed E-state index contributed by atoms with van der Waals surface area (Å²) in [4.78, 5) is 12.7. The number of hydrazone groups is 1. The zero-order valence-corrected chi connectivity index (χ0v) is 22.8. The lowest BCUT2D eigenvalue weighted by Gasteiger charge is -2.13. The van der Waals surface area contributed by atoms with Crippen molar-refractivity contribution in [3.8, 4) is 23.0 Å². The van der Waals surface area contributed by atoms with Crippen LogP contribution in [-0.4, -0.2) is 26.3 Å². The standard InChI is InChI=1S/C30H26Cl2N2O5/c1-36-27-16-23(10-13-26(27)38-18-20-6-4-3-5-7-20)30(35)34-33-17-22-14-25(32)29(28(15-22)37-2)39-19-21-8-11-24(31)12-9-21/h3-17H,18-19H2,1-2H3,(H,34,35)/b33-17+. The van der Waals surface area contributed by atoms with Crippen LogP contribution < -0.4 is 24.4 Å². The van der Waals surface area contributed by atoms with Gasteiger partial charge in [-0.05, 0) is 59.2 Å². The quantitative estimate of drug-likeness (QED) is 0.158. The van der Waals surface area contributed by atoms with Crippen molar-refractivity contribution in [1.82, 2.24) is 5.43 Å². The molecule has 0 spiro atoms. The Morgan fingerprint density at radius 2 is 1.49 bits per heavy atom. The molecule has 0 fully saturated rings. The molecule has 200 valence electrons. The Morgan fingerprint density at radius 1 is 0.795 bits per heavy atom. The monoisotopic (exact) mass is 564 g/mol. The molecule has 0 heterocycles. The zero-order valence-electron chi connectivity index (χ0n) is 21.3. The van der Waals surface area contributed by atoms with Crippen molar-refractivity contribution in [2.24, 2.45) is 5.10 Å². The normalized spacial score (nSPS) is 10.8. The summed E-state index contributed by atoms with van der Waals surface area (Å²) < 4.78 is 22.6. The molecule has 0 aliphatic rings. The zero-order chi connectivity index (χ0) is 27.6. The molecular weight excluding hydrogens is 539 g/mol. The Hall–Kier alpha value is -4.20. The van der Waals surface area contributed by atoms with Crippen LogP contribution in [0.1, 0.15) is 27.0 Å². The number of amides is 1. The van der Waals surface area contributed by atoms with Gasteiger partial charge in [-0.2, -0.15) is 5.10 Å². The van der Waals surface area contributed by atoms with Gasteiger partial charge in [0.15, 0.2) is 23.0 Å². The van der Waals surface area contributed by atoms with E-state index in [-0.39, 0.29) is 6.61 Å². The fraction of sp³-hybridized carbons (Fsp3) is 0.133. The van der Waals surface area contributed by atoms with Crippen LogP contribution in [0.5, 0.6) is 23.0 Å². The Bertz CT molecular complexity index is 1440. The molecule has 4 rings (SSSR count). The number of ether oxygens (including phenoxy) is 4. The topological polar surface area (TPSA) is 78.4 Å². The smallest absolute Gasteiger partial charge is 0.271 e. The third-order valence-corrected chi connectivity index (χ3v) is 6.12. The van der Waals surface area contributed by atoms with Crippen LogP contribution in [0.2, 0.25) is 10.0 Å². The van der Waals surface area contributed by atoms with E-state index < -0.39 is 5.91 Å². The molecule has 0 atom stereocenters. The molecule has 39 heavy (non-hydrogen) atoms. The van der Waals surface area contributed by atoms with Gasteiger partial charge in [-0.25, -0.2) is 5.43 Å². The van der Waals surface area contributed by atoms with Crippen LogP contribution in [0.25, 0.3) is 0 Å². The molecule has 0 unspecified atom stereocenters. The van der Waals surface area contributed by atoms with Gasteiger partial charge in [-0.3, -0.25) is 4.79 Å². The van der Waals surface area contributed by atoms with Crippen LogP contribution in [0, 0.1) is 0 Å². The van der Waals surface area contributed by atoms with Crippen LogP contribution in [0.3, 0.4) is 0 Å². The van der Waals surface area contributed by atoms with Crippen molar-refractivity contribution >= 4 is 35.3 Å². The molecule has 1 N–H and O–H groups in total. The fourth-order valence-corrected chi connectivity index (χ4v) is 3.98. The largest absolute Gasteiger partial charge is 0.493 e. The first kappa shape index (κ1) is 27.8. The van der Waals surface area contributed by atoms with Gasteiger partial charge in [-0.1, -0.05) is 65.7 Å². The molecule has 0 aromatic heterocycles. The molecule has 0 saturated heterocycles. The molecule has 4 aromatic carbocycles. The predicted molar refractivity (Wildman–Crippen MR) is 153 cm³/mol. The van der Waals surface area contributed by atoms with Crippen molar-refractivity contribution in [2.45, 2.75) is 13.2 Å². The number of carbonyl (C=O) groups is 1. The van der Waals surface area contributed by atoms with Crippen LogP contribution in [-0.2, 0) is 13.2 Å². The highest BCUT2D eigenvalue weighted by atomic mass is 35.5. The SMILES string of the molecule is COc1cc(C(=O)N/N=C/c2cc(Cl)c(OCc3ccc(Cl)cc3)c(OC)c2)ccc1OCc1ccccc1. The highest BCUT2D eigenvalue weighted by molar-refractivity contribution is 6.32. The minimum atomic E-state index is -0.417. The minimum Gasteiger partial charge on any atom is -0.493 e. The van der Waals surface area contributed by atoms with E-state index >= 15 is 0 Å². The Kier molecular flexibility index (Phi) is 9.67. The third kappa shape index (κ3) is 7.66. The first-order valence-electron chi connectivity index (χ1n) is 11.9. The highest BCUT2D eigenvalue weighted by Gasteiger charge is 2.13. The van der Waals surface area contributed by atoms with Gasteiger partial charge in [0.2, 0.25) is 0 Å². The van der Waals surface area contributed by atoms with E-state index in [4.69, 9.17) is 42.1 Å². The number of rotatable bonds is 11. The number of carbonyl (C=O) groups excluding carboxylic acids is 1. The van der Waals surface area contributed by atoms with E-state index in [1.165, 1.54) is 20.4 Å². The number of hydrogen-bond donors (Lipinski definition) is 1. The Labute approximate surface area is 236 Å². The molecule has 9 heteroatoms. The Morgan fingerprint density at radius 3 is 2.21 bits per heavy atom. The van der Waals surface area contributed by atoms with Gasteiger partial charge in [0.1, 0.15) is 13.2 Å². The summed E-state index contributed by atoms with van der Waals surface area (Å²) in [5, 5.41) is 5.04. The second kappa shape index (κ2) is 13.6. The van der Waals surface area contributed by atoms with E-state index in [0.717, 1.165) is 11.1 Å². The Balaban J connectivity index is 1.38. The number of benzene rings is 4. The van der Waals surface area contributed by atoms with Gasteiger partial charge < -0.3 is 18.9 Å². The highest BCUT2D eigenvalue weighted by Crippen LogP contribution is 2.36. The van der Waals surface area contributed by atoms with Gasteiger partial charge in [0.05, 0.1) is 25.5 Å². The summed E-state index contributed by atoms with van der Waals surface area (Å²) >= 11 is 12.4. The number of hydrogen-bond acceptors (Lipinski definition) is 6. The molecule has 0 aliphatic heterocycles. The van der Waals surface area contributed by atoms with Crippen molar-refractivity contribution in [1.29, 1.82) is 0 Å². The van der Waals surface area contributed by atoms with Gasteiger partial charge in [-0.15, -0.1) is 0 Å². The van der Waals surface area contributed by atoms with E-state index in [2.05, 4.69) is 10.5 Å². The first-order valence-corrected chi connectivity index (χ1v) is 12.7. The summed E-state index contributed by atoms with van der Waals surface area (Å²) in [5.41, 5.74) is 5.43. The second-order valence-electron chi connectivity index (χ2n) is 8.29. The summed E-state index contributed by atoms with van der Waals surface area (Å²) in [6.07, 6.45) is 1.46. The molecule has 1 amide bonds. The summed E-state index contributed by atoms with van der Waals surface area (Å²) in [6, 6.07) is 25.4. The van der Waals surface area contributed by atoms with Crippen LogP contribution in [0.15, 0.2) is 90.0 Å². The molecule has 4 aromatic rings. The van der Waals surface area contributed by atoms with E-state index in [1.54, 1.807) is 42.5 Å². The number of nitrogens with zero attached hydrogens (tertiary/aromatic N) is 1. The summed E-state index contributed by atoms with van der Waals surface area (Å²) in [5.74, 6) is 1.38. The van der Waals surface area contributed by atoms with Crippen LogP contribution in [0.4, 0.5) is 0 Å². The molecular formula is C30H26Cl2N2O5. The lowest BCUT2D eigenvalue weighted by Crippen LogP contribution is -2.17. The van der Waals surface area contributed by atoms with E-state index in [9.17, 15) is 4.79 Å². The van der Waals surface area contributed by atoms with E-state index in [1.807, 2.05) is 42.5 Å². The fourth-order valence-electron chi connectivity index (χ4n) is 3.58. The van der Waals surface area contributed by atoms with Gasteiger partial charge in [0.25, 0.3) is 5.91 Å². The molecule has 0 bridgehead atoms. The average Bonchev–Trinajstić information content (AvgIpc) is 2.96. The van der Waals surface area contributed by atoms with E-state index in [0.29, 0.717) is 50.8 Å². The molecule has 7 nitrogen and oxygen atoms in total. The predicted octanol–water partition coefficient (Wildman–Crippen LogP) is 6.93. The maximum absolute atomic E-state index is 12.7. The lowest BCUT2D eigenvalue weighted by atomic mass is 10.2. The van der Waals surface area contributed by atoms with Crippen molar-refractivity contribution in [2.75, 3.05) is 14.2 Å². The molecule has 0 radical (unpaired) electrons. The summed E-state index contributed by atoms with van der Waals surface area (Å²) in [7, 11) is 3.04. The van der Waals surface area contributed by atoms with Crippen molar-refractivity contribution < 1.29 is 23.7 Å². The second-order valence-corrected chi connectivity index (χ2v) is 9.13. The lowest BCUT2D eigenvalue weighted by molar-refractivity contribution is 0.0954. The van der Waals surface area contributed by atoms with Crippen molar-refractivity contribution in [3.05, 3.63) is 117 Å². The maximum atomic E-state index is 12.7. The maximum Gasteiger partial charge on any atom is 0.271 e. The average molecular weight is 565 g/mol. The number of nitrogens with one attached hydrogen (secondary N) is 1. The minimum absolute atomic E-state index is 0.288. The molecule has 0 saturated carbocycles. The summed E-state index contributed by atoms with van der Waals surface area (Å²) in [6.45, 7) is 0.667. The first-order chi connectivity index (χ1) is 19.0. The number of halogens is 2. The number of methoxy groups -OCH3 is 2. The third-order valence-electron chi connectivity index (χ3n) is 5.59. The molecule has 0 aliphatic carbocycles.